The number of anilines is 1. The van der Waals surface area contributed by atoms with E-state index < -0.39 is 0 Å². The van der Waals surface area contributed by atoms with Crippen LogP contribution in [0.3, 0.4) is 0 Å². The zero-order valence-electron chi connectivity index (χ0n) is 29.3. The predicted octanol–water partition coefficient (Wildman–Crippen LogP) is 10.1. The van der Waals surface area contributed by atoms with E-state index in [-0.39, 0.29) is 17.7 Å². The topological polar surface area (TPSA) is 33.3 Å². The summed E-state index contributed by atoms with van der Waals surface area (Å²) in [7, 11) is 0. The van der Waals surface area contributed by atoms with Crippen molar-refractivity contribution in [2.75, 3.05) is 5.32 Å². The maximum absolute atomic E-state index is 6.79. The van der Waals surface area contributed by atoms with Gasteiger partial charge in [0.2, 0.25) is 0 Å². The van der Waals surface area contributed by atoms with Crippen LogP contribution in [0.5, 0.6) is 5.75 Å². The molecule has 2 unspecified atom stereocenters. The van der Waals surface area contributed by atoms with Gasteiger partial charge in [-0.15, -0.1) is 0 Å². The van der Waals surface area contributed by atoms with Crippen LogP contribution in [0.25, 0.3) is 66.9 Å². The summed E-state index contributed by atoms with van der Waals surface area (Å²) >= 11 is 0. The molecule has 7 aromatic carbocycles. The van der Waals surface area contributed by atoms with Crippen LogP contribution in [0.15, 0.2) is 139 Å². The smallest absolute Gasteiger partial charge is 0.194 e. The molecule has 52 heavy (non-hydrogen) atoms. The van der Waals surface area contributed by atoms with Crippen LogP contribution in [0, 0.1) is 0 Å². The fraction of sp³-hybridized carbons (Fsp3) is 0.143. The summed E-state index contributed by atoms with van der Waals surface area (Å²) in [5.41, 5.74) is 12.1. The van der Waals surface area contributed by atoms with E-state index in [1.54, 1.807) is 0 Å². The highest BCUT2D eigenvalue weighted by Crippen LogP contribution is 2.54. The Hall–Kier alpha value is -6.06. The Morgan fingerprint density at radius 2 is 1.40 bits per heavy atom. The molecule has 0 spiro atoms. The van der Waals surface area contributed by atoms with Gasteiger partial charge in [0.1, 0.15) is 6.04 Å². The second-order valence-electron chi connectivity index (χ2n) is 15.3. The summed E-state index contributed by atoms with van der Waals surface area (Å²) in [4.78, 5) is 0. The Balaban J connectivity index is 0.965. The molecular formula is C49H38N2O. The van der Waals surface area contributed by atoms with E-state index in [4.69, 9.17) is 4.74 Å². The van der Waals surface area contributed by atoms with Gasteiger partial charge in [0.15, 0.2) is 12.0 Å². The highest BCUT2D eigenvalue weighted by molar-refractivity contribution is 6.14. The van der Waals surface area contributed by atoms with Crippen molar-refractivity contribution in [2.45, 2.75) is 44.4 Å². The van der Waals surface area contributed by atoms with Gasteiger partial charge in [-0.05, 0) is 119 Å². The van der Waals surface area contributed by atoms with Crippen molar-refractivity contribution in [3.63, 3.8) is 0 Å². The average molecular weight is 671 g/mol. The van der Waals surface area contributed by atoms with Gasteiger partial charge in [0.05, 0.1) is 5.69 Å². The van der Waals surface area contributed by atoms with Crippen molar-refractivity contribution in [1.82, 2.24) is 5.32 Å². The third-order valence-corrected chi connectivity index (χ3v) is 12.0. The summed E-state index contributed by atoms with van der Waals surface area (Å²) in [6.45, 7) is 4.80. The van der Waals surface area contributed by atoms with Crippen LogP contribution in [0.4, 0.5) is 5.69 Å². The summed E-state index contributed by atoms with van der Waals surface area (Å²) < 4.78 is 6.79. The Bertz CT molecular complexity index is 2870. The molecule has 2 aliphatic carbocycles. The standard InChI is InChI=1S/C49H38N2O/c1-49(2)41-22-19-29-8-5-6-13-38(29)46(41)39-21-18-36(26-42(39)49)33-12-7-11-32(24-33)35-17-15-30-14-16-31-20-23-43-47(45(31)40(30)25-35)52-48(51-43)44-27-34-9-3-4-10-37(34)28-50-44/h3-17,19-20,22-28,44,48,50-51H,18,21H2,1-2H3. The van der Waals surface area contributed by atoms with Crippen molar-refractivity contribution in [3.8, 4) is 16.9 Å². The molecule has 7 aromatic rings. The van der Waals surface area contributed by atoms with Crippen molar-refractivity contribution in [3.05, 3.63) is 166 Å². The summed E-state index contributed by atoms with van der Waals surface area (Å²) in [5.74, 6) is 0.928. The lowest BCUT2D eigenvalue weighted by molar-refractivity contribution is 0.236. The molecule has 0 radical (unpaired) electrons. The third kappa shape index (κ3) is 4.38. The number of allylic oxidation sites excluding steroid dienone is 4. The van der Waals surface area contributed by atoms with Crippen molar-refractivity contribution >= 4 is 61.4 Å². The second-order valence-corrected chi connectivity index (χ2v) is 15.3. The van der Waals surface area contributed by atoms with E-state index in [2.05, 4.69) is 170 Å². The van der Waals surface area contributed by atoms with E-state index in [1.807, 2.05) is 0 Å². The van der Waals surface area contributed by atoms with Crippen molar-refractivity contribution < 1.29 is 4.74 Å². The molecule has 2 N–H and O–H groups in total. The minimum absolute atomic E-state index is 0.00915. The molecule has 0 fully saturated rings. The van der Waals surface area contributed by atoms with Crippen LogP contribution in [-0.2, 0) is 5.41 Å². The molecule has 2 atom stereocenters. The summed E-state index contributed by atoms with van der Waals surface area (Å²) in [6.07, 6.45) is 8.76. The molecule has 2 aliphatic heterocycles. The van der Waals surface area contributed by atoms with E-state index >= 15 is 0 Å². The number of ether oxygens (including phenoxy) is 1. The van der Waals surface area contributed by atoms with Gasteiger partial charge in [-0.3, -0.25) is 0 Å². The fourth-order valence-corrected chi connectivity index (χ4v) is 9.33. The van der Waals surface area contributed by atoms with Crippen LogP contribution in [-0.4, -0.2) is 12.3 Å². The van der Waals surface area contributed by atoms with Crippen LogP contribution in [0.1, 0.15) is 43.4 Å². The van der Waals surface area contributed by atoms with Gasteiger partial charge in [-0.2, -0.15) is 0 Å². The Kier molecular flexibility index (Phi) is 6.25. The summed E-state index contributed by atoms with van der Waals surface area (Å²) in [6, 6.07) is 46.9. The summed E-state index contributed by atoms with van der Waals surface area (Å²) in [5, 5.41) is 17.1. The zero-order chi connectivity index (χ0) is 34.6. The number of hydrogen-bond acceptors (Lipinski definition) is 3. The molecule has 3 heteroatoms. The number of nitrogens with one attached hydrogen (secondary N) is 2. The molecular weight excluding hydrogens is 633 g/mol. The van der Waals surface area contributed by atoms with Gasteiger partial charge >= 0.3 is 0 Å². The molecule has 11 rings (SSSR count). The van der Waals surface area contributed by atoms with Gasteiger partial charge in [-0.25, -0.2) is 0 Å². The maximum Gasteiger partial charge on any atom is 0.194 e. The van der Waals surface area contributed by atoms with E-state index in [9.17, 15) is 0 Å². The number of benzene rings is 7. The second kappa shape index (κ2) is 11.0. The molecule has 250 valence electrons. The van der Waals surface area contributed by atoms with E-state index in [1.165, 1.54) is 81.9 Å². The SMILES string of the molecule is CC1(C)C2=C(CCC(c3cccc(-c4ccc5ccc6ccc7c(c6c5c4)OC(C4C=c5ccccc5=CN4)N7)c3)=C2)c2c1ccc1ccccc21. The monoisotopic (exact) mass is 670 g/mol. The molecule has 3 nitrogen and oxygen atoms in total. The quantitative estimate of drug-likeness (QED) is 0.184. The van der Waals surface area contributed by atoms with Crippen LogP contribution >= 0.6 is 0 Å². The normalized spacial score (nSPS) is 19.4. The largest absolute Gasteiger partial charge is 0.465 e. The number of fused-ring (bicyclic) bond motifs is 10. The first-order valence-electron chi connectivity index (χ1n) is 18.5. The molecule has 4 aliphatic rings. The Morgan fingerprint density at radius 1 is 0.654 bits per heavy atom. The molecule has 0 bridgehead atoms. The lowest BCUT2D eigenvalue weighted by atomic mass is 9.78. The van der Waals surface area contributed by atoms with Crippen LogP contribution in [0.2, 0.25) is 0 Å². The minimum Gasteiger partial charge on any atom is -0.465 e. The lowest BCUT2D eigenvalue weighted by Crippen LogP contribution is -2.47. The first-order valence-corrected chi connectivity index (χ1v) is 18.5. The van der Waals surface area contributed by atoms with E-state index in [0.29, 0.717) is 0 Å². The molecule has 0 saturated heterocycles. The highest BCUT2D eigenvalue weighted by atomic mass is 16.5. The van der Waals surface area contributed by atoms with Crippen molar-refractivity contribution in [2.24, 2.45) is 0 Å². The average Bonchev–Trinajstić information content (AvgIpc) is 3.74. The molecule has 0 amide bonds. The maximum atomic E-state index is 6.79. The predicted molar refractivity (Wildman–Crippen MR) is 218 cm³/mol. The van der Waals surface area contributed by atoms with Gasteiger partial charge in [0.25, 0.3) is 0 Å². The first-order chi connectivity index (χ1) is 25.5. The number of hydrogen-bond donors (Lipinski definition) is 2. The van der Waals surface area contributed by atoms with E-state index in [0.717, 1.165) is 29.7 Å². The van der Waals surface area contributed by atoms with Crippen LogP contribution < -0.4 is 25.8 Å². The highest BCUT2D eigenvalue weighted by Gasteiger charge is 2.39. The Labute approximate surface area is 303 Å². The first kappa shape index (κ1) is 29.6. The minimum atomic E-state index is -0.212. The Morgan fingerprint density at radius 3 is 2.35 bits per heavy atom. The fourth-order valence-electron chi connectivity index (χ4n) is 9.33. The third-order valence-electron chi connectivity index (χ3n) is 12.0. The zero-order valence-corrected chi connectivity index (χ0v) is 29.3. The molecule has 0 saturated carbocycles. The van der Waals surface area contributed by atoms with Gasteiger partial charge in [0, 0.05) is 17.0 Å². The van der Waals surface area contributed by atoms with Gasteiger partial charge in [-0.1, -0.05) is 129 Å². The van der Waals surface area contributed by atoms with Crippen molar-refractivity contribution in [1.29, 1.82) is 0 Å². The molecule has 2 heterocycles. The number of rotatable bonds is 3. The molecule has 0 aromatic heterocycles. The van der Waals surface area contributed by atoms with Gasteiger partial charge < -0.3 is 15.4 Å². The lowest BCUT2D eigenvalue weighted by Gasteiger charge is -2.26.